The Morgan fingerprint density at radius 2 is 1.97 bits per heavy atom. The molecule has 0 aliphatic heterocycles. The maximum Gasteiger partial charge on any atom is 0.340 e. The molecule has 0 spiro atoms. The second-order valence-corrected chi connectivity index (χ2v) is 10.3. The average molecular weight is 516 g/mol. The first-order valence-corrected chi connectivity index (χ1v) is 12.4. The van der Waals surface area contributed by atoms with Gasteiger partial charge in [0.1, 0.15) is 5.65 Å². The Morgan fingerprint density at radius 3 is 2.63 bits per heavy atom. The minimum absolute atomic E-state index is 0.270. The number of H-pyrrole nitrogens is 1. The molecule has 9 nitrogen and oxygen atoms in total. The van der Waals surface area contributed by atoms with Gasteiger partial charge in [0.05, 0.1) is 35.7 Å². The summed E-state index contributed by atoms with van der Waals surface area (Å²) >= 11 is 0. The molecule has 0 radical (unpaired) electrons. The molecule has 0 aliphatic rings. The number of rotatable bonds is 8. The molecule has 0 aliphatic carbocycles. The molecule has 0 saturated heterocycles. The number of hydrogen-bond acceptors (Lipinski definition) is 6. The van der Waals surface area contributed by atoms with Gasteiger partial charge in [0.25, 0.3) is 0 Å². The summed E-state index contributed by atoms with van der Waals surface area (Å²) in [6, 6.07) is 5.78. The molecular formula is C29H33N5O4. The number of nitrogens with one attached hydrogen (secondary N) is 2. The highest BCUT2D eigenvalue weighted by Gasteiger charge is 2.24. The summed E-state index contributed by atoms with van der Waals surface area (Å²) in [6.45, 7) is 14.7. The number of aromatic nitrogens is 4. The number of fused-ring (bicyclic) bond motifs is 1. The Morgan fingerprint density at radius 1 is 1.24 bits per heavy atom. The zero-order chi connectivity index (χ0) is 27.8. The molecule has 3 heterocycles. The minimum Gasteiger partial charge on any atom is -0.459 e. The van der Waals surface area contributed by atoms with Gasteiger partial charge in [-0.3, -0.25) is 9.48 Å². The van der Waals surface area contributed by atoms with Gasteiger partial charge < -0.3 is 20.1 Å². The van der Waals surface area contributed by atoms with E-state index in [1.807, 2.05) is 38.2 Å². The molecule has 0 bridgehead atoms. The number of pyridine rings is 1. The quantitative estimate of drug-likeness (QED) is 0.220. The van der Waals surface area contributed by atoms with Crippen molar-refractivity contribution in [3.63, 3.8) is 0 Å². The highest BCUT2D eigenvalue weighted by Crippen LogP contribution is 2.41. The van der Waals surface area contributed by atoms with Crippen LogP contribution in [0.15, 0.2) is 49.4 Å². The monoisotopic (exact) mass is 515 g/mol. The van der Waals surface area contributed by atoms with E-state index in [1.165, 1.54) is 12.3 Å². The molecule has 4 aromatic rings. The smallest absolute Gasteiger partial charge is 0.340 e. The maximum absolute atomic E-state index is 12.9. The van der Waals surface area contributed by atoms with Gasteiger partial charge in [0.2, 0.25) is 5.91 Å². The molecule has 3 N–H and O–H groups in total. The van der Waals surface area contributed by atoms with Crippen LogP contribution in [0.25, 0.3) is 33.4 Å². The summed E-state index contributed by atoms with van der Waals surface area (Å²) in [7, 11) is 0. The predicted octanol–water partition coefficient (Wildman–Crippen LogP) is 5.17. The highest BCUT2D eigenvalue weighted by molar-refractivity contribution is 6.08. The number of ether oxygens (including phenoxy) is 1. The summed E-state index contributed by atoms with van der Waals surface area (Å²) in [5.74, 6) is -0.754. The summed E-state index contributed by atoms with van der Waals surface area (Å²) in [5.41, 5.74) is 5.44. The number of aryl methyl sites for hydroxylation is 2. The second-order valence-electron chi connectivity index (χ2n) is 10.3. The summed E-state index contributed by atoms with van der Waals surface area (Å²) in [5, 5.41) is 18.3. The molecule has 1 aromatic carbocycles. The molecule has 0 saturated carbocycles. The Bertz CT molecular complexity index is 1540. The van der Waals surface area contributed by atoms with Gasteiger partial charge in [0.15, 0.2) is 0 Å². The van der Waals surface area contributed by atoms with Crippen molar-refractivity contribution in [1.29, 1.82) is 0 Å². The Hall–Kier alpha value is -4.24. The fourth-order valence-electron chi connectivity index (χ4n) is 4.37. The molecule has 198 valence electrons. The topological polar surface area (TPSA) is 122 Å². The number of benzene rings is 1. The number of carbonyl (C=O) groups is 2. The largest absolute Gasteiger partial charge is 0.459 e. The van der Waals surface area contributed by atoms with Gasteiger partial charge in [-0.1, -0.05) is 18.7 Å². The van der Waals surface area contributed by atoms with E-state index in [1.54, 1.807) is 38.6 Å². The van der Waals surface area contributed by atoms with E-state index in [0.29, 0.717) is 23.4 Å². The van der Waals surface area contributed by atoms with E-state index in [0.717, 1.165) is 38.9 Å². The number of carbonyl (C=O) groups excluding carboxylic acids is 2. The lowest BCUT2D eigenvalue weighted by molar-refractivity contribution is -0.111. The SMILES string of the molecule is C=CC(=O)Nc1cc(-c2c(-c3cnn(CC(C)(C)O)c3)[nH]c3ncc(C(=O)OC(C)C)c(C)c23)ccc1C. The van der Waals surface area contributed by atoms with Crippen molar-refractivity contribution in [2.45, 2.75) is 59.8 Å². The summed E-state index contributed by atoms with van der Waals surface area (Å²) < 4.78 is 7.14. The van der Waals surface area contributed by atoms with Crippen LogP contribution >= 0.6 is 0 Å². The molecule has 0 unspecified atom stereocenters. The molecule has 3 aromatic heterocycles. The van der Waals surface area contributed by atoms with Gasteiger partial charge in [-0.15, -0.1) is 0 Å². The zero-order valence-electron chi connectivity index (χ0n) is 22.5. The molecule has 0 atom stereocenters. The lowest BCUT2D eigenvalue weighted by Gasteiger charge is -2.16. The van der Waals surface area contributed by atoms with Crippen LogP contribution in [-0.2, 0) is 16.1 Å². The van der Waals surface area contributed by atoms with Crippen molar-refractivity contribution in [2.24, 2.45) is 0 Å². The molecule has 4 rings (SSSR count). The highest BCUT2D eigenvalue weighted by atomic mass is 16.5. The van der Waals surface area contributed by atoms with E-state index in [9.17, 15) is 14.7 Å². The zero-order valence-corrected chi connectivity index (χ0v) is 22.5. The van der Waals surface area contributed by atoms with Crippen molar-refractivity contribution in [2.75, 3.05) is 5.32 Å². The van der Waals surface area contributed by atoms with Crippen LogP contribution in [0.4, 0.5) is 5.69 Å². The van der Waals surface area contributed by atoms with Crippen molar-refractivity contribution in [3.8, 4) is 22.4 Å². The molecular weight excluding hydrogens is 482 g/mol. The van der Waals surface area contributed by atoms with Gasteiger partial charge in [-0.2, -0.15) is 5.10 Å². The van der Waals surface area contributed by atoms with Gasteiger partial charge in [0, 0.05) is 34.6 Å². The summed E-state index contributed by atoms with van der Waals surface area (Å²) in [6.07, 6.45) is 6.05. The lowest BCUT2D eigenvalue weighted by atomic mass is 9.95. The first kappa shape index (κ1) is 26.8. The molecule has 38 heavy (non-hydrogen) atoms. The van der Waals surface area contributed by atoms with Crippen LogP contribution in [0.1, 0.15) is 49.2 Å². The average Bonchev–Trinajstić information content (AvgIpc) is 3.43. The van der Waals surface area contributed by atoms with Gasteiger partial charge in [-0.25, -0.2) is 9.78 Å². The van der Waals surface area contributed by atoms with E-state index in [2.05, 4.69) is 27.0 Å². The van der Waals surface area contributed by atoms with Crippen molar-refractivity contribution >= 4 is 28.6 Å². The fourth-order valence-corrected chi connectivity index (χ4v) is 4.37. The number of aromatic amines is 1. The number of amides is 1. The number of aliphatic hydroxyl groups is 1. The number of hydrogen-bond donors (Lipinski definition) is 3. The van der Waals surface area contributed by atoms with Crippen molar-refractivity contribution in [1.82, 2.24) is 19.7 Å². The van der Waals surface area contributed by atoms with Crippen molar-refractivity contribution < 1.29 is 19.4 Å². The summed E-state index contributed by atoms with van der Waals surface area (Å²) in [4.78, 5) is 32.9. The van der Waals surface area contributed by atoms with E-state index < -0.39 is 11.6 Å². The first-order valence-electron chi connectivity index (χ1n) is 12.4. The van der Waals surface area contributed by atoms with Crippen LogP contribution in [0.2, 0.25) is 0 Å². The standard InChI is InChI=1S/C29H33N5O4/c1-8-23(35)32-22-11-19(10-9-17(22)4)25-24-18(5)21(28(36)38-16(2)3)13-30-27(24)33-26(25)20-12-31-34(14-20)15-29(6,7)37/h8-14,16,37H,1,15H2,2-7H3,(H,30,33)(H,32,35). The third-order valence-electron chi connectivity index (χ3n) is 6.08. The van der Waals surface area contributed by atoms with Crippen LogP contribution in [0.3, 0.4) is 0 Å². The number of anilines is 1. The molecule has 1 amide bonds. The van der Waals surface area contributed by atoms with Crippen LogP contribution in [0.5, 0.6) is 0 Å². The third-order valence-corrected chi connectivity index (χ3v) is 6.08. The van der Waals surface area contributed by atoms with Gasteiger partial charge >= 0.3 is 5.97 Å². The second kappa shape index (κ2) is 10.3. The molecule has 9 heteroatoms. The van der Waals surface area contributed by atoms with Gasteiger partial charge in [-0.05, 0) is 70.4 Å². The fraction of sp³-hybridized carbons (Fsp3) is 0.310. The van der Waals surface area contributed by atoms with E-state index >= 15 is 0 Å². The Kier molecular flexibility index (Phi) is 7.24. The third kappa shape index (κ3) is 5.52. The number of esters is 1. The predicted molar refractivity (Wildman–Crippen MR) is 148 cm³/mol. The van der Waals surface area contributed by atoms with Crippen LogP contribution < -0.4 is 5.32 Å². The molecule has 0 fully saturated rings. The van der Waals surface area contributed by atoms with E-state index in [-0.39, 0.29) is 12.0 Å². The Labute approximate surface area is 221 Å². The van der Waals surface area contributed by atoms with Crippen LogP contribution in [0, 0.1) is 13.8 Å². The lowest BCUT2D eigenvalue weighted by Crippen LogP contribution is -2.26. The first-order chi connectivity index (χ1) is 17.9. The van der Waals surface area contributed by atoms with E-state index in [4.69, 9.17) is 4.74 Å². The van der Waals surface area contributed by atoms with Crippen molar-refractivity contribution in [3.05, 3.63) is 66.1 Å². The normalized spacial score (nSPS) is 11.7. The van der Waals surface area contributed by atoms with Crippen LogP contribution in [-0.4, -0.2) is 48.4 Å². The Balaban J connectivity index is 1.97. The maximum atomic E-state index is 12.9. The number of nitrogens with zero attached hydrogens (tertiary/aromatic N) is 3. The minimum atomic E-state index is -0.939.